The third-order valence-corrected chi connectivity index (χ3v) is 6.56. The predicted molar refractivity (Wildman–Crippen MR) is 107 cm³/mol. The second-order valence-corrected chi connectivity index (χ2v) is 8.48. The molecule has 1 N–H and O–H groups in total. The molecule has 0 unspecified atom stereocenters. The van der Waals surface area contributed by atoms with E-state index in [0.717, 1.165) is 23.2 Å². The van der Waals surface area contributed by atoms with Gasteiger partial charge in [-0.1, -0.05) is 36.4 Å². The van der Waals surface area contributed by atoms with E-state index in [1.165, 1.54) is 5.56 Å². The fourth-order valence-corrected chi connectivity index (χ4v) is 4.75. The molecule has 1 atom stereocenters. The minimum absolute atomic E-state index is 0.315. The average Bonchev–Trinajstić information content (AvgIpc) is 3.22. The van der Waals surface area contributed by atoms with Crippen molar-refractivity contribution in [3.05, 3.63) is 88.8 Å². The first-order valence-electron chi connectivity index (χ1n) is 8.92. The minimum Gasteiger partial charge on any atom is -0.306 e. The highest BCUT2D eigenvalue weighted by atomic mass is 32.2. The molecule has 0 radical (unpaired) electrons. The third kappa shape index (κ3) is 3.72. The van der Waals surface area contributed by atoms with E-state index in [9.17, 15) is 8.42 Å². The van der Waals surface area contributed by atoms with E-state index < -0.39 is 10.0 Å². The maximum atomic E-state index is 12.8. The van der Waals surface area contributed by atoms with Crippen LogP contribution in [0.2, 0.25) is 0 Å². The van der Waals surface area contributed by atoms with Crippen LogP contribution in [0.25, 0.3) is 11.8 Å². The zero-order valence-electron chi connectivity index (χ0n) is 15.0. The van der Waals surface area contributed by atoms with Gasteiger partial charge in [0.15, 0.2) is 0 Å². The SMILES string of the molecule is C[C@@H](NS(=O)(=O)C1=Cc2ccccc2CC1)c1ccc(-n2ccnc2)cc1. The standard InChI is InChI=1S/C21H21N3O2S/c1-16(17-6-9-20(10-7-17)24-13-12-22-15-24)23-27(25,26)21-11-8-18-4-2-3-5-19(18)14-21/h2-7,9-10,12-16,23H,8,11H2,1H3/t16-/m1/s1. The fraction of sp³-hybridized carbons (Fsp3) is 0.190. The van der Waals surface area contributed by atoms with Gasteiger partial charge in [-0.05, 0) is 54.7 Å². The largest absolute Gasteiger partial charge is 0.306 e. The smallest absolute Gasteiger partial charge is 0.237 e. The molecule has 0 aliphatic heterocycles. The number of sulfonamides is 1. The van der Waals surface area contributed by atoms with Gasteiger partial charge in [-0.3, -0.25) is 0 Å². The average molecular weight is 379 g/mol. The summed E-state index contributed by atoms with van der Waals surface area (Å²) in [6, 6.07) is 15.4. The van der Waals surface area contributed by atoms with Gasteiger partial charge in [0.05, 0.1) is 11.2 Å². The number of aromatic nitrogens is 2. The van der Waals surface area contributed by atoms with Gasteiger partial charge in [0.1, 0.15) is 0 Å². The highest BCUT2D eigenvalue weighted by molar-refractivity contribution is 7.93. The Hall–Kier alpha value is -2.70. The van der Waals surface area contributed by atoms with Crippen LogP contribution in [0.1, 0.15) is 36.1 Å². The van der Waals surface area contributed by atoms with E-state index >= 15 is 0 Å². The summed E-state index contributed by atoms with van der Waals surface area (Å²) in [6.07, 6.45) is 8.38. The van der Waals surface area contributed by atoms with E-state index in [1.54, 1.807) is 18.6 Å². The molecule has 0 saturated heterocycles. The van der Waals surface area contributed by atoms with Crippen LogP contribution < -0.4 is 4.72 Å². The molecule has 5 nitrogen and oxygen atoms in total. The molecule has 6 heteroatoms. The summed E-state index contributed by atoms with van der Waals surface area (Å²) in [5, 5.41) is 0. The first-order chi connectivity index (χ1) is 13.0. The second-order valence-electron chi connectivity index (χ2n) is 6.71. The Morgan fingerprint density at radius 3 is 2.59 bits per heavy atom. The summed E-state index contributed by atoms with van der Waals surface area (Å²) in [7, 11) is -3.53. The Morgan fingerprint density at radius 2 is 1.85 bits per heavy atom. The lowest BCUT2D eigenvalue weighted by Crippen LogP contribution is -2.28. The third-order valence-electron chi connectivity index (χ3n) is 4.89. The number of nitrogens with zero attached hydrogens (tertiary/aromatic N) is 2. The van der Waals surface area contributed by atoms with E-state index in [1.807, 2.05) is 66.2 Å². The number of hydrogen-bond acceptors (Lipinski definition) is 3. The van der Waals surface area contributed by atoms with E-state index in [0.29, 0.717) is 11.3 Å². The molecule has 0 saturated carbocycles. The molecule has 3 aromatic rings. The summed E-state index contributed by atoms with van der Waals surface area (Å²) in [6.45, 7) is 1.86. The van der Waals surface area contributed by atoms with Gasteiger partial charge in [0.25, 0.3) is 0 Å². The van der Waals surface area contributed by atoms with Crippen molar-refractivity contribution >= 4 is 16.1 Å². The molecule has 0 amide bonds. The summed E-state index contributed by atoms with van der Waals surface area (Å²) in [4.78, 5) is 4.48. The number of benzene rings is 2. The fourth-order valence-electron chi connectivity index (χ4n) is 3.34. The summed E-state index contributed by atoms with van der Waals surface area (Å²) in [5.41, 5.74) is 4.08. The van der Waals surface area contributed by atoms with Crippen LogP contribution in [0, 0.1) is 0 Å². The number of nitrogens with one attached hydrogen (secondary N) is 1. The molecule has 0 spiro atoms. The molecule has 27 heavy (non-hydrogen) atoms. The second kappa shape index (κ2) is 7.13. The lowest BCUT2D eigenvalue weighted by Gasteiger charge is -2.20. The molecule has 1 aromatic heterocycles. The Kier molecular flexibility index (Phi) is 4.68. The van der Waals surface area contributed by atoms with Crippen LogP contribution in [0.15, 0.2) is 72.2 Å². The normalized spacial score (nSPS) is 15.1. The monoisotopic (exact) mass is 379 g/mol. The number of allylic oxidation sites excluding steroid dienone is 1. The van der Waals surface area contributed by atoms with Gasteiger partial charge in [-0.15, -0.1) is 0 Å². The molecule has 0 bridgehead atoms. The molecule has 1 heterocycles. The quantitative estimate of drug-likeness (QED) is 0.733. The van der Waals surface area contributed by atoms with Crippen LogP contribution in [0.3, 0.4) is 0 Å². The first-order valence-corrected chi connectivity index (χ1v) is 10.4. The Labute approximate surface area is 159 Å². The number of aryl methyl sites for hydroxylation is 1. The van der Waals surface area contributed by atoms with Gasteiger partial charge < -0.3 is 4.57 Å². The van der Waals surface area contributed by atoms with Crippen molar-refractivity contribution in [3.8, 4) is 5.69 Å². The predicted octanol–water partition coefficient (Wildman–Crippen LogP) is 3.84. The molecule has 2 aromatic carbocycles. The minimum atomic E-state index is -3.53. The Morgan fingerprint density at radius 1 is 1.07 bits per heavy atom. The highest BCUT2D eigenvalue weighted by Crippen LogP contribution is 2.28. The Balaban J connectivity index is 1.52. The lowest BCUT2D eigenvalue weighted by molar-refractivity contribution is 0.571. The van der Waals surface area contributed by atoms with Crippen LogP contribution in [-0.2, 0) is 16.4 Å². The zero-order valence-corrected chi connectivity index (χ0v) is 15.9. The summed E-state index contributed by atoms with van der Waals surface area (Å²) in [5.74, 6) is 0. The van der Waals surface area contributed by atoms with E-state index in [4.69, 9.17) is 0 Å². The molecule has 138 valence electrons. The van der Waals surface area contributed by atoms with Gasteiger partial charge in [0.2, 0.25) is 10.0 Å². The summed E-state index contributed by atoms with van der Waals surface area (Å²) >= 11 is 0. The lowest BCUT2D eigenvalue weighted by atomic mass is 9.98. The van der Waals surface area contributed by atoms with Crippen molar-refractivity contribution in [2.75, 3.05) is 0 Å². The molecular weight excluding hydrogens is 358 g/mol. The van der Waals surface area contributed by atoms with Crippen molar-refractivity contribution in [2.45, 2.75) is 25.8 Å². The molecule has 1 aliphatic carbocycles. The van der Waals surface area contributed by atoms with Gasteiger partial charge in [-0.2, -0.15) is 0 Å². The maximum Gasteiger partial charge on any atom is 0.237 e. The molecule has 4 rings (SSSR count). The number of hydrogen-bond donors (Lipinski definition) is 1. The summed E-state index contributed by atoms with van der Waals surface area (Å²) < 4.78 is 30.4. The topological polar surface area (TPSA) is 64.0 Å². The molecule has 0 fully saturated rings. The van der Waals surface area contributed by atoms with Crippen LogP contribution in [0.4, 0.5) is 0 Å². The van der Waals surface area contributed by atoms with Gasteiger partial charge in [0, 0.05) is 24.1 Å². The number of fused-ring (bicyclic) bond motifs is 1. The molecule has 1 aliphatic rings. The van der Waals surface area contributed by atoms with Crippen LogP contribution in [0.5, 0.6) is 0 Å². The first kappa shape index (κ1) is 17.7. The van der Waals surface area contributed by atoms with Crippen molar-refractivity contribution in [2.24, 2.45) is 0 Å². The van der Waals surface area contributed by atoms with Gasteiger partial charge in [-0.25, -0.2) is 18.1 Å². The van der Waals surface area contributed by atoms with Crippen LogP contribution in [-0.4, -0.2) is 18.0 Å². The maximum absolute atomic E-state index is 12.8. The number of rotatable bonds is 5. The zero-order chi connectivity index (χ0) is 18.9. The van der Waals surface area contributed by atoms with Crippen LogP contribution >= 0.6 is 0 Å². The van der Waals surface area contributed by atoms with Crippen molar-refractivity contribution in [3.63, 3.8) is 0 Å². The Bertz CT molecular complexity index is 1070. The van der Waals surface area contributed by atoms with Crippen molar-refractivity contribution in [1.82, 2.24) is 14.3 Å². The van der Waals surface area contributed by atoms with E-state index in [2.05, 4.69) is 9.71 Å². The van der Waals surface area contributed by atoms with Crippen molar-refractivity contribution in [1.29, 1.82) is 0 Å². The molecular formula is C21H21N3O2S. The van der Waals surface area contributed by atoms with Gasteiger partial charge >= 0.3 is 0 Å². The number of imidazole rings is 1. The van der Waals surface area contributed by atoms with E-state index in [-0.39, 0.29) is 6.04 Å². The highest BCUT2D eigenvalue weighted by Gasteiger charge is 2.23. The van der Waals surface area contributed by atoms with Crippen molar-refractivity contribution < 1.29 is 8.42 Å².